The van der Waals surface area contributed by atoms with Gasteiger partial charge in [-0.25, -0.2) is 0 Å². The van der Waals surface area contributed by atoms with E-state index in [1.807, 2.05) is 6.07 Å². The molecule has 3 N–H and O–H groups in total. The molecular formula is C12H15ClN2O2S. The van der Waals surface area contributed by atoms with Crippen LogP contribution in [0.1, 0.15) is 18.4 Å². The van der Waals surface area contributed by atoms with Crippen molar-refractivity contribution in [3.8, 4) is 0 Å². The van der Waals surface area contributed by atoms with Crippen molar-refractivity contribution in [3.63, 3.8) is 0 Å². The Balaban J connectivity index is 2.00. The lowest BCUT2D eigenvalue weighted by atomic mass is 10.2. The summed E-state index contributed by atoms with van der Waals surface area (Å²) in [7, 11) is 0. The van der Waals surface area contributed by atoms with Crippen molar-refractivity contribution < 1.29 is 9.94 Å². The van der Waals surface area contributed by atoms with E-state index in [2.05, 4.69) is 5.16 Å². The Kier molecular flexibility index (Phi) is 4.74. The standard InChI is InChI=1S/C12H15ClN2O2S/c13-10-6-8(12(14)15-16)3-4-11(10)18-7-9-2-1-5-17-9/h3-4,6,9,16H,1-2,5,7H2,(H2,14,15). The van der Waals surface area contributed by atoms with E-state index in [0.717, 1.165) is 30.1 Å². The molecule has 1 saturated heterocycles. The maximum Gasteiger partial charge on any atom is 0.170 e. The molecule has 1 aromatic carbocycles. The first kappa shape index (κ1) is 13.5. The maximum atomic E-state index is 8.59. The van der Waals surface area contributed by atoms with E-state index < -0.39 is 0 Å². The molecule has 1 aromatic rings. The number of nitrogens with two attached hydrogens (primary N) is 1. The van der Waals surface area contributed by atoms with Gasteiger partial charge in [-0.05, 0) is 31.0 Å². The van der Waals surface area contributed by atoms with Gasteiger partial charge in [-0.15, -0.1) is 11.8 Å². The lowest BCUT2D eigenvalue weighted by Crippen LogP contribution is -2.13. The molecule has 1 atom stereocenters. The highest BCUT2D eigenvalue weighted by Crippen LogP contribution is 2.30. The third-order valence-electron chi connectivity index (χ3n) is 2.78. The van der Waals surface area contributed by atoms with Crippen LogP contribution in [0.3, 0.4) is 0 Å². The summed E-state index contributed by atoms with van der Waals surface area (Å²) in [5, 5.41) is 12.2. The maximum absolute atomic E-state index is 8.59. The van der Waals surface area contributed by atoms with Gasteiger partial charge in [0.1, 0.15) is 0 Å². The van der Waals surface area contributed by atoms with Crippen molar-refractivity contribution in [2.75, 3.05) is 12.4 Å². The number of hydrogen-bond acceptors (Lipinski definition) is 4. The number of oxime groups is 1. The minimum absolute atomic E-state index is 0.0626. The second-order valence-electron chi connectivity index (χ2n) is 4.08. The van der Waals surface area contributed by atoms with Gasteiger partial charge >= 0.3 is 0 Å². The number of nitrogens with zero attached hydrogens (tertiary/aromatic N) is 1. The molecule has 6 heteroatoms. The molecule has 0 radical (unpaired) electrons. The van der Waals surface area contributed by atoms with Crippen molar-refractivity contribution in [3.05, 3.63) is 28.8 Å². The van der Waals surface area contributed by atoms with Crippen molar-refractivity contribution in [2.45, 2.75) is 23.8 Å². The van der Waals surface area contributed by atoms with Gasteiger partial charge in [0, 0.05) is 22.8 Å². The van der Waals surface area contributed by atoms with Crippen LogP contribution in [-0.2, 0) is 4.74 Å². The van der Waals surface area contributed by atoms with Gasteiger partial charge in [0.05, 0.1) is 11.1 Å². The molecule has 1 aliphatic heterocycles. The van der Waals surface area contributed by atoms with Crippen molar-refractivity contribution in [2.24, 2.45) is 10.9 Å². The molecule has 1 aliphatic rings. The topological polar surface area (TPSA) is 67.8 Å². The molecule has 0 saturated carbocycles. The number of halogens is 1. The van der Waals surface area contributed by atoms with Gasteiger partial charge in [-0.2, -0.15) is 0 Å². The molecule has 18 heavy (non-hydrogen) atoms. The third-order valence-corrected chi connectivity index (χ3v) is 4.41. The Labute approximate surface area is 115 Å². The smallest absolute Gasteiger partial charge is 0.170 e. The summed E-state index contributed by atoms with van der Waals surface area (Å²) in [5.41, 5.74) is 6.12. The molecule has 98 valence electrons. The van der Waals surface area contributed by atoms with E-state index in [0.29, 0.717) is 16.7 Å². The van der Waals surface area contributed by atoms with E-state index in [4.69, 9.17) is 27.3 Å². The molecule has 1 unspecified atom stereocenters. The minimum Gasteiger partial charge on any atom is -0.409 e. The lowest BCUT2D eigenvalue weighted by molar-refractivity contribution is 0.129. The SMILES string of the molecule is N/C(=N/O)c1ccc(SCC2CCCO2)c(Cl)c1. The molecule has 0 aromatic heterocycles. The van der Waals surface area contributed by atoms with Crippen LogP contribution in [0.4, 0.5) is 0 Å². The van der Waals surface area contributed by atoms with Crippen LogP contribution < -0.4 is 5.73 Å². The van der Waals surface area contributed by atoms with E-state index >= 15 is 0 Å². The molecule has 0 amide bonds. The Morgan fingerprint density at radius 3 is 3.06 bits per heavy atom. The second-order valence-corrected chi connectivity index (χ2v) is 5.55. The van der Waals surface area contributed by atoms with E-state index in [-0.39, 0.29) is 5.84 Å². The molecule has 0 aliphatic carbocycles. The Morgan fingerprint density at radius 1 is 1.61 bits per heavy atom. The van der Waals surface area contributed by atoms with Gasteiger partial charge in [0.15, 0.2) is 5.84 Å². The zero-order valence-corrected chi connectivity index (χ0v) is 11.4. The fraction of sp³-hybridized carbons (Fsp3) is 0.417. The van der Waals surface area contributed by atoms with Crippen LogP contribution in [0.5, 0.6) is 0 Å². The predicted molar refractivity (Wildman–Crippen MR) is 73.7 cm³/mol. The number of hydrogen-bond donors (Lipinski definition) is 2. The average molecular weight is 287 g/mol. The number of benzene rings is 1. The molecule has 0 bridgehead atoms. The summed E-state index contributed by atoms with van der Waals surface area (Å²) in [6.07, 6.45) is 2.59. The van der Waals surface area contributed by atoms with Gasteiger partial charge < -0.3 is 15.7 Å². The van der Waals surface area contributed by atoms with E-state index in [1.54, 1.807) is 23.9 Å². The summed E-state index contributed by atoms with van der Waals surface area (Å²) >= 11 is 7.83. The van der Waals surface area contributed by atoms with E-state index in [1.165, 1.54) is 0 Å². The fourth-order valence-electron chi connectivity index (χ4n) is 1.79. The summed E-state index contributed by atoms with van der Waals surface area (Å²) in [6.45, 7) is 0.862. The van der Waals surface area contributed by atoms with Gasteiger partial charge in [-0.3, -0.25) is 0 Å². The Hall–Kier alpha value is -0.910. The van der Waals surface area contributed by atoms with Gasteiger partial charge in [0.2, 0.25) is 0 Å². The van der Waals surface area contributed by atoms with Crippen LogP contribution in [0.25, 0.3) is 0 Å². The summed E-state index contributed by atoms with van der Waals surface area (Å²) < 4.78 is 5.56. The normalized spacial score (nSPS) is 20.3. The van der Waals surface area contributed by atoms with Crippen molar-refractivity contribution in [1.82, 2.24) is 0 Å². The largest absolute Gasteiger partial charge is 0.409 e. The van der Waals surface area contributed by atoms with Crippen LogP contribution in [0.2, 0.25) is 5.02 Å². The van der Waals surface area contributed by atoms with Crippen LogP contribution in [0, 0.1) is 0 Å². The Morgan fingerprint density at radius 2 is 2.44 bits per heavy atom. The number of thioether (sulfide) groups is 1. The molecular weight excluding hydrogens is 272 g/mol. The van der Waals surface area contributed by atoms with E-state index in [9.17, 15) is 0 Å². The zero-order chi connectivity index (χ0) is 13.0. The Bertz CT molecular complexity index is 448. The summed E-state index contributed by atoms with van der Waals surface area (Å²) in [6, 6.07) is 5.38. The average Bonchev–Trinajstić information content (AvgIpc) is 2.89. The molecule has 1 heterocycles. The highest BCUT2D eigenvalue weighted by Gasteiger charge is 2.16. The van der Waals surface area contributed by atoms with Crippen LogP contribution in [0.15, 0.2) is 28.3 Å². The van der Waals surface area contributed by atoms with Crippen LogP contribution in [-0.4, -0.2) is 29.5 Å². The van der Waals surface area contributed by atoms with Crippen LogP contribution >= 0.6 is 23.4 Å². The quantitative estimate of drug-likeness (QED) is 0.294. The number of ether oxygens (including phenoxy) is 1. The molecule has 2 rings (SSSR count). The molecule has 0 spiro atoms. The third kappa shape index (κ3) is 3.31. The first-order valence-corrected chi connectivity index (χ1v) is 7.09. The fourth-order valence-corrected chi connectivity index (χ4v) is 3.13. The highest BCUT2D eigenvalue weighted by atomic mass is 35.5. The second kappa shape index (κ2) is 6.31. The number of amidine groups is 1. The minimum atomic E-state index is 0.0626. The zero-order valence-electron chi connectivity index (χ0n) is 9.80. The highest BCUT2D eigenvalue weighted by molar-refractivity contribution is 7.99. The van der Waals surface area contributed by atoms with Crippen molar-refractivity contribution in [1.29, 1.82) is 0 Å². The van der Waals surface area contributed by atoms with Gasteiger partial charge in [-0.1, -0.05) is 16.8 Å². The monoisotopic (exact) mass is 286 g/mol. The number of rotatable bonds is 4. The molecule has 1 fully saturated rings. The predicted octanol–water partition coefficient (Wildman–Crippen LogP) is 2.71. The molecule has 4 nitrogen and oxygen atoms in total. The summed E-state index contributed by atoms with van der Waals surface area (Å²) in [4.78, 5) is 0.988. The summed E-state index contributed by atoms with van der Waals surface area (Å²) in [5.74, 6) is 0.968. The first-order valence-electron chi connectivity index (χ1n) is 5.72. The lowest BCUT2D eigenvalue weighted by Gasteiger charge is -2.10. The van der Waals surface area contributed by atoms with Gasteiger partial charge in [0.25, 0.3) is 0 Å². The first-order chi connectivity index (χ1) is 8.70. The van der Waals surface area contributed by atoms with Crippen molar-refractivity contribution >= 4 is 29.2 Å².